The van der Waals surface area contributed by atoms with Gasteiger partial charge in [-0.3, -0.25) is 0 Å². The Morgan fingerprint density at radius 1 is 0.353 bits per heavy atom. The van der Waals surface area contributed by atoms with Gasteiger partial charge < -0.3 is 0 Å². The summed E-state index contributed by atoms with van der Waals surface area (Å²) in [6.45, 7) is 17.5. The van der Waals surface area contributed by atoms with E-state index in [2.05, 4.69) is 148 Å². The largest absolute Gasteiger partial charge is 0.0617 e. The van der Waals surface area contributed by atoms with Gasteiger partial charge in [0.2, 0.25) is 0 Å². The lowest BCUT2D eigenvalue weighted by molar-refractivity contribution is 1.29. The maximum Gasteiger partial charge on any atom is 0.0210 e. The molecule has 0 saturated heterocycles. The molecule has 0 radical (unpaired) electrons. The standard InChI is InChI=1S/C16H16Br2.C16H18/c1-9-5-7-13(17)11(3)15(9)16-10(2)6-8-14(18)12(16)4;1-11-7-5-8-12(2)15(11)16-13(3)9-6-10-14(16)4/h5-8H,1-4H3;5-10H,1-4H3. The highest BCUT2D eigenvalue weighted by atomic mass is 79.9. The highest BCUT2D eigenvalue weighted by Crippen LogP contribution is 2.38. The second-order valence-electron chi connectivity index (χ2n) is 9.26. The molecule has 0 aliphatic carbocycles. The second kappa shape index (κ2) is 11.1. The first kappa shape index (κ1) is 26.4. The summed E-state index contributed by atoms with van der Waals surface area (Å²) in [6.07, 6.45) is 0. The molecular formula is C32H34Br2. The molecule has 0 aliphatic heterocycles. The number of benzene rings is 4. The summed E-state index contributed by atoms with van der Waals surface area (Å²) in [5, 5.41) is 0. The Kier molecular flexibility index (Phi) is 8.60. The molecule has 0 bridgehead atoms. The van der Waals surface area contributed by atoms with Gasteiger partial charge in [-0.1, -0.05) is 80.4 Å². The van der Waals surface area contributed by atoms with Crippen LogP contribution in [0.1, 0.15) is 44.5 Å². The smallest absolute Gasteiger partial charge is 0.0210 e. The van der Waals surface area contributed by atoms with Gasteiger partial charge in [-0.15, -0.1) is 0 Å². The highest BCUT2D eigenvalue weighted by Gasteiger charge is 2.14. The van der Waals surface area contributed by atoms with Gasteiger partial charge in [0.25, 0.3) is 0 Å². The van der Waals surface area contributed by atoms with Gasteiger partial charge in [-0.25, -0.2) is 0 Å². The second-order valence-corrected chi connectivity index (χ2v) is 11.0. The molecule has 0 aliphatic rings. The van der Waals surface area contributed by atoms with Crippen molar-refractivity contribution in [1.29, 1.82) is 0 Å². The Morgan fingerprint density at radius 2 is 0.618 bits per heavy atom. The fourth-order valence-corrected chi connectivity index (χ4v) is 5.49. The Labute approximate surface area is 222 Å². The third-order valence-corrected chi connectivity index (χ3v) is 8.39. The van der Waals surface area contributed by atoms with Crippen LogP contribution >= 0.6 is 31.9 Å². The molecule has 0 spiro atoms. The Balaban J connectivity index is 0.000000192. The molecule has 0 unspecified atom stereocenters. The summed E-state index contributed by atoms with van der Waals surface area (Å²) >= 11 is 7.27. The summed E-state index contributed by atoms with van der Waals surface area (Å²) < 4.78 is 2.34. The monoisotopic (exact) mass is 576 g/mol. The van der Waals surface area contributed by atoms with Crippen LogP contribution in [0.25, 0.3) is 22.3 Å². The number of halogens is 2. The van der Waals surface area contributed by atoms with Crippen molar-refractivity contribution < 1.29 is 0 Å². The van der Waals surface area contributed by atoms with Crippen molar-refractivity contribution in [1.82, 2.24) is 0 Å². The third-order valence-electron chi connectivity index (χ3n) is 6.68. The minimum atomic E-state index is 1.17. The van der Waals surface area contributed by atoms with Crippen molar-refractivity contribution in [3.8, 4) is 22.3 Å². The first-order chi connectivity index (χ1) is 16.0. The SMILES string of the molecule is Cc1ccc(Br)c(C)c1-c1c(C)ccc(Br)c1C.Cc1cccc(C)c1-c1c(C)cccc1C. The van der Waals surface area contributed by atoms with Crippen molar-refractivity contribution in [3.63, 3.8) is 0 Å². The normalized spacial score (nSPS) is 10.6. The predicted octanol–water partition coefficient (Wildman–Crippen LogP) is 10.7. The maximum atomic E-state index is 3.63. The van der Waals surface area contributed by atoms with E-state index in [1.165, 1.54) is 75.7 Å². The molecule has 0 heterocycles. The van der Waals surface area contributed by atoms with Gasteiger partial charge in [0, 0.05) is 8.95 Å². The zero-order valence-electron chi connectivity index (χ0n) is 21.5. The maximum absolute atomic E-state index is 3.63. The van der Waals surface area contributed by atoms with E-state index in [9.17, 15) is 0 Å². The summed E-state index contributed by atoms with van der Waals surface area (Å²) in [5.41, 5.74) is 16.2. The lowest BCUT2D eigenvalue weighted by Crippen LogP contribution is -1.95. The minimum Gasteiger partial charge on any atom is -0.0617 e. The number of hydrogen-bond acceptors (Lipinski definition) is 0. The lowest BCUT2D eigenvalue weighted by atomic mass is 9.90. The van der Waals surface area contributed by atoms with Crippen LogP contribution in [0, 0.1) is 55.4 Å². The molecule has 4 rings (SSSR count). The number of aryl methyl sites for hydroxylation is 6. The summed E-state index contributed by atoms with van der Waals surface area (Å²) in [5.74, 6) is 0. The van der Waals surface area contributed by atoms with Crippen LogP contribution in [0.15, 0.2) is 69.6 Å². The zero-order chi connectivity index (χ0) is 25.2. The predicted molar refractivity (Wildman–Crippen MR) is 157 cm³/mol. The lowest BCUT2D eigenvalue weighted by Gasteiger charge is -2.17. The van der Waals surface area contributed by atoms with Crippen LogP contribution in [0.5, 0.6) is 0 Å². The van der Waals surface area contributed by atoms with E-state index in [1.807, 2.05) is 0 Å². The van der Waals surface area contributed by atoms with Gasteiger partial charge in [0.15, 0.2) is 0 Å². The molecule has 0 fully saturated rings. The average Bonchev–Trinajstić information content (AvgIpc) is 2.78. The molecule has 0 nitrogen and oxygen atoms in total. The van der Waals surface area contributed by atoms with Gasteiger partial charge in [-0.2, -0.15) is 0 Å². The van der Waals surface area contributed by atoms with Crippen molar-refractivity contribution in [3.05, 3.63) is 114 Å². The topological polar surface area (TPSA) is 0 Å². The minimum absolute atomic E-state index is 1.17. The van der Waals surface area contributed by atoms with Crippen LogP contribution in [0.4, 0.5) is 0 Å². The van der Waals surface area contributed by atoms with Gasteiger partial charge >= 0.3 is 0 Å². The van der Waals surface area contributed by atoms with Crippen molar-refractivity contribution in [2.45, 2.75) is 55.4 Å². The first-order valence-corrected chi connectivity index (χ1v) is 13.3. The number of rotatable bonds is 2. The van der Waals surface area contributed by atoms with Gasteiger partial charge in [0.05, 0.1) is 0 Å². The van der Waals surface area contributed by atoms with E-state index in [1.54, 1.807) is 0 Å². The van der Waals surface area contributed by atoms with E-state index in [4.69, 9.17) is 0 Å². The van der Waals surface area contributed by atoms with Gasteiger partial charge in [-0.05, 0) is 134 Å². The summed E-state index contributed by atoms with van der Waals surface area (Å²) in [7, 11) is 0. The Bertz CT molecular complexity index is 1200. The average molecular weight is 578 g/mol. The molecule has 0 N–H and O–H groups in total. The van der Waals surface area contributed by atoms with E-state index in [0.717, 1.165) is 0 Å². The van der Waals surface area contributed by atoms with Crippen molar-refractivity contribution >= 4 is 31.9 Å². The third kappa shape index (κ3) is 5.39. The molecular weight excluding hydrogens is 544 g/mol. The number of hydrogen-bond donors (Lipinski definition) is 0. The molecule has 0 atom stereocenters. The Hall–Kier alpha value is -2.16. The van der Waals surface area contributed by atoms with E-state index < -0.39 is 0 Å². The molecule has 176 valence electrons. The fraction of sp³-hybridized carbons (Fsp3) is 0.250. The van der Waals surface area contributed by atoms with E-state index >= 15 is 0 Å². The highest BCUT2D eigenvalue weighted by molar-refractivity contribution is 9.10. The van der Waals surface area contributed by atoms with Crippen LogP contribution in [-0.2, 0) is 0 Å². The molecule has 0 saturated carbocycles. The van der Waals surface area contributed by atoms with Crippen LogP contribution < -0.4 is 0 Å². The Morgan fingerprint density at radius 3 is 0.912 bits per heavy atom. The molecule has 34 heavy (non-hydrogen) atoms. The molecule has 0 amide bonds. The van der Waals surface area contributed by atoms with Crippen molar-refractivity contribution in [2.24, 2.45) is 0 Å². The summed E-state index contributed by atoms with van der Waals surface area (Å²) in [4.78, 5) is 0. The van der Waals surface area contributed by atoms with Crippen LogP contribution in [0.3, 0.4) is 0 Å². The van der Waals surface area contributed by atoms with E-state index in [0.29, 0.717) is 0 Å². The van der Waals surface area contributed by atoms with Crippen LogP contribution in [-0.4, -0.2) is 0 Å². The van der Waals surface area contributed by atoms with Gasteiger partial charge in [0.1, 0.15) is 0 Å². The zero-order valence-corrected chi connectivity index (χ0v) is 24.7. The van der Waals surface area contributed by atoms with E-state index in [-0.39, 0.29) is 0 Å². The van der Waals surface area contributed by atoms with Crippen molar-refractivity contribution in [2.75, 3.05) is 0 Å². The summed E-state index contributed by atoms with van der Waals surface area (Å²) in [6, 6.07) is 21.6. The first-order valence-electron chi connectivity index (χ1n) is 11.7. The molecule has 2 heteroatoms. The molecule has 4 aromatic rings. The van der Waals surface area contributed by atoms with Crippen LogP contribution in [0.2, 0.25) is 0 Å². The molecule has 0 aromatic heterocycles. The fourth-order valence-electron chi connectivity index (χ4n) is 4.83. The quantitative estimate of drug-likeness (QED) is 0.222. The molecule has 4 aromatic carbocycles.